The number of furan rings is 1. The molecule has 3 heterocycles. The fourth-order valence-electron chi connectivity index (χ4n) is 2.69. The smallest absolute Gasteiger partial charge is 0.283 e. The van der Waals surface area contributed by atoms with Gasteiger partial charge in [0, 0.05) is 10.6 Å². The molecular weight excluding hydrogens is 384 g/mol. The van der Waals surface area contributed by atoms with E-state index in [1.165, 1.54) is 22.8 Å². The minimum Gasteiger partial charge on any atom is -0.457 e. The number of hydrogen-bond donors (Lipinski definition) is 1. The van der Waals surface area contributed by atoms with Crippen LogP contribution in [0.5, 0.6) is 0 Å². The second kappa shape index (κ2) is 7.17. The molecule has 1 aromatic heterocycles. The van der Waals surface area contributed by atoms with Crippen LogP contribution in [0.1, 0.15) is 25.5 Å². The molecule has 8 heteroatoms. The van der Waals surface area contributed by atoms with E-state index in [0.717, 1.165) is 23.4 Å². The maximum absolute atomic E-state index is 12.4. The predicted molar refractivity (Wildman–Crippen MR) is 109 cm³/mol. The lowest BCUT2D eigenvalue weighted by atomic mass is 10.1. The summed E-state index contributed by atoms with van der Waals surface area (Å²) >= 11 is 7.25. The van der Waals surface area contributed by atoms with Crippen LogP contribution in [0.25, 0.3) is 17.4 Å². The zero-order valence-electron chi connectivity index (χ0n) is 14.4. The molecule has 1 N–H and O–H groups in total. The fraction of sp³-hybridized carbons (Fsp3) is 0.158. The van der Waals surface area contributed by atoms with Crippen LogP contribution in [0.3, 0.4) is 0 Å². The highest BCUT2D eigenvalue weighted by Crippen LogP contribution is 2.30. The third-order valence-electron chi connectivity index (χ3n) is 4.00. The number of fused-ring (bicyclic) bond motifs is 1. The Morgan fingerprint density at radius 2 is 2.04 bits per heavy atom. The molecule has 1 amide bonds. The van der Waals surface area contributed by atoms with Gasteiger partial charge in [0.1, 0.15) is 16.6 Å². The molecule has 0 aliphatic carbocycles. The molecule has 2 aromatic rings. The second-order valence-electron chi connectivity index (χ2n) is 5.97. The summed E-state index contributed by atoms with van der Waals surface area (Å²) in [6, 6.07) is 10.8. The monoisotopic (exact) mass is 398 g/mol. The van der Waals surface area contributed by atoms with Gasteiger partial charge in [-0.3, -0.25) is 10.2 Å². The Hall–Kier alpha value is -2.64. The number of nitrogens with one attached hydrogen (secondary N) is 1. The van der Waals surface area contributed by atoms with E-state index in [1.807, 2.05) is 18.2 Å². The Bertz CT molecular complexity index is 1020. The highest BCUT2D eigenvalue weighted by atomic mass is 35.5. The minimum absolute atomic E-state index is 0.00745. The zero-order chi connectivity index (χ0) is 19.0. The Labute approximate surface area is 165 Å². The average Bonchev–Trinajstić information content (AvgIpc) is 3.27. The van der Waals surface area contributed by atoms with Crippen molar-refractivity contribution in [2.24, 2.45) is 10.1 Å². The molecule has 136 valence electrons. The van der Waals surface area contributed by atoms with Crippen molar-refractivity contribution in [3.05, 3.63) is 52.8 Å². The van der Waals surface area contributed by atoms with Gasteiger partial charge < -0.3 is 4.42 Å². The molecule has 0 saturated carbocycles. The largest absolute Gasteiger partial charge is 0.457 e. The molecule has 2 aliphatic heterocycles. The standard InChI is InChI=1S/C19H15ClN4O2S/c1-2-3-16-23-24-17(21)14(18(25)22-19(24)27-16)10-13-8-9-15(26-13)11-4-6-12(20)7-5-11/h4-10,21H,2-3H2,1H3/b14-10+,21-17?. The Kier molecular flexibility index (Phi) is 4.72. The van der Waals surface area contributed by atoms with Gasteiger partial charge in [0.2, 0.25) is 5.17 Å². The maximum atomic E-state index is 12.4. The molecule has 0 saturated heterocycles. The fourth-order valence-corrected chi connectivity index (χ4v) is 3.80. The van der Waals surface area contributed by atoms with Crippen LogP contribution in [0, 0.1) is 5.41 Å². The molecule has 0 unspecified atom stereocenters. The zero-order valence-corrected chi connectivity index (χ0v) is 16.0. The lowest BCUT2D eigenvalue weighted by molar-refractivity contribution is -0.114. The number of amidine groups is 2. The lowest BCUT2D eigenvalue weighted by Gasteiger charge is -2.19. The van der Waals surface area contributed by atoms with Gasteiger partial charge in [-0.15, -0.1) is 0 Å². The maximum Gasteiger partial charge on any atom is 0.283 e. The molecule has 2 aliphatic rings. The molecule has 0 bridgehead atoms. The first-order valence-electron chi connectivity index (χ1n) is 8.40. The van der Waals surface area contributed by atoms with Crippen LogP contribution in [-0.4, -0.2) is 27.0 Å². The molecule has 4 rings (SSSR count). The molecule has 0 fully saturated rings. The number of rotatable bonds is 4. The molecule has 1 aromatic carbocycles. The summed E-state index contributed by atoms with van der Waals surface area (Å²) < 4.78 is 5.80. The number of thioether (sulfide) groups is 1. The van der Waals surface area contributed by atoms with Crippen LogP contribution in [0.2, 0.25) is 5.02 Å². The number of amides is 1. The van der Waals surface area contributed by atoms with Crippen LogP contribution >= 0.6 is 23.4 Å². The molecule has 0 radical (unpaired) electrons. The quantitative estimate of drug-likeness (QED) is 0.733. The highest BCUT2D eigenvalue weighted by Gasteiger charge is 2.35. The van der Waals surface area contributed by atoms with E-state index in [1.54, 1.807) is 18.2 Å². The normalized spacial score (nSPS) is 18.0. The van der Waals surface area contributed by atoms with Crippen molar-refractivity contribution >= 4 is 51.4 Å². The molecule has 6 nitrogen and oxygen atoms in total. The first kappa shape index (κ1) is 17.8. The van der Waals surface area contributed by atoms with Gasteiger partial charge in [-0.1, -0.05) is 18.5 Å². The minimum atomic E-state index is -0.462. The van der Waals surface area contributed by atoms with Crippen LogP contribution < -0.4 is 0 Å². The number of benzene rings is 1. The number of halogens is 1. The number of carbonyl (C=O) groups is 1. The second-order valence-corrected chi connectivity index (χ2v) is 7.45. The summed E-state index contributed by atoms with van der Waals surface area (Å²) in [5.74, 6) is 0.665. The van der Waals surface area contributed by atoms with Crippen molar-refractivity contribution in [2.45, 2.75) is 19.8 Å². The summed E-state index contributed by atoms with van der Waals surface area (Å²) in [6.45, 7) is 2.05. The van der Waals surface area contributed by atoms with Crippen LogP contribution in [-0.2, 0) is 4.79 Å². The van der Waals surface area contributed by atoms with Gasteiger partial charge in [0.05, 0.1) is 5.57 Å². The summed E-state index contributed by atoms with van der Waals surface area (Å²) in [7, 11) is 0. The van der Waals surface area contributed by atoms with E-state index >= 15 is 0 Å². The number of nitrogens with zero attached hydrogens (tertiary/aromatic N) is 3. The first-order chi connectivity index (χ1) is 13.0. The molecule has 0 atom stereocenters. The van der Waals surface area contributed by atoms with Gasteiger partial charge in [-0.25, -0.2) is 0 Å². The van der Waals surface area contributed by atoms with Crippen molar-refractivity contribution in [1.29, 1.82) is 5.41 Å². The van der Waals surface area contributed by atoms with Crippen molar-refractivity contribution < 1.29 is 9.21 Å². The van der Waals surface area contributed by atoms with E-state index in [4.69, 9.17) is 21.4 Å². The van der Waals surface area contributed by atoms with Crippen molar-refractivity contribution in [2.75, 3.05) is 0 Å². The average molecular weight is 399 g/mol. The Morgan fingerprint density at radius 3 is 2.78 bits per heavy atom. The number of hydrogen-bond acceptors (Lipinski definition) is 5. The molecular formula is C19H15ClN4O2S. The van der Waals surface area contributed by atoms with Gasteiger partial charge in [0.25, 0.3) is 5.91 Å². The Morgan fingerprint density at radius 1 is 1.26 bits per heavy atom. The van der Waals surface area contributed by atoms with Crippen LogP contribution in [0.4, 0.5) is 0 Å². The number of carbonyl (C=O) groups excluding carboxylic acids is 1. The SMILES string of the molecule is CCCC1=NN2C(=N)/C(=C\c3ccc(-c4ccc(Cl)cc4)o3)C(=O)N=C2S1. The topological polar surface area (TPSA) is 82.0 Å². The van der Waals surface area contributed by atoms with E-state index in [9.17, 15) is 4.79 Å². The number of hydrazone groups is 1. The van der Waals surface area contributed by atoms with E-state index in [0.29, 0.717) is 21.7 Å². The molecule has 0 spiro atoms. The lowest BCUT2D eigenvalue weighted by Crippen LogP contribution is -2.35. The van der Waals surface area contributed by atoms with Crippen LogP contribution in [0.15, 0.2) is 56.5 Å². The van der Waals surface area contributed by atoms with Gasteiger partial charge >= 0.3 is 0 Å². The third-order valence-corrected chi connectivity index (χ3v) is 5.22. The summed E-state index contributed by atoms with van der Waals surface area (Å²) in [5, 5.41) is 16.1. The van der Waals surface area contributed by atoms with Crippen molar-refractivity contribution in [1.82, 2.24) is 5.01 Å². The molecule has 27 heavy (non-hydrogen) atoms. The highest BCUT2D eigenvalue weighted by molar-refractivity contribution is 8.26. The summed E-state index contributed by atoms with van der Waals surface area (Å²) in [5.41, 5.74) is 1.03. The van der Waals surface area contributed by atoms with E-state index < -0.39 is 5.91 Å². The van der Waals surface area contributed by atoms with Gasteiger partial charge in [0.15, 0.2) is 5.84 Å². The predicted octanol–water partition coefficient (Wildman–Crippen LogP) is 5.02. The Balaban J connectivity index is 1.62. The summed E-state index contributed by atoms with van der Waals surface area (Å²) in [4.78, 5) is 16.5. The number of aliphatic imine (C=N–C) groups is 1. The van der Waals surface area contributed by atoms with Gasteiger partial charge in [-0.2, -0.15) is 15.1 Å². The summed E-state index contributed by atoms with van der Waals surface area (Å²) in [6.07, 6.45) is 3.27. The van der Waals surface area contributed by atoms with Crippen molar-refractivity contribution in [3.63, 3.8) is 0 Å². The van der Waals surface area contributed by atoms with E-state index in [-0.39, 0.29) is 11.4 Å². The first-order valence-corrected chi connectivity index (χ1v) is 9.59. The van der Waals surface area contributed by atoms with Gasteiger partial charge in [-0.05, 0) is 67.1 Å². The third kappa shape index (κ3) is 3.48. The van der Waals surface area contributed by atoms with Crippen molar-refractivity contribution in [3.8, 4) is 11.3 Å². The van der Waals surface area contributed by atoms with E-state index in [2.05, 4.69) is 17.0 Å².